The standard InChI is InChI=1S/C18H20N2O3S/c21-12-14-7-8-20(11-14)18(23)15-5-3-13(4-6-15)10-19-17(22)16-2-1-9-24-16/h1-6,9,14,21H,7-8,10-12H2,(H,19,22). The van der Waals surface area contributed by atoms with Crippen molar-refractivity contribution in [3.8, 4) is 0 Å². The predicted octanol–water partition coefficient (Wildman–Crippen LogP) is 2.13. The third-order valence-corrected chi connectivity index (χ3v) is 5.10. The molecule has 2 aromatic rings. The SMILES string of the molecule is O=C(NCc1ccc(C(=O)N2CCC(CO)C2)cc1)c1cccs1. The fourth-order valence-corrected chi connectivity index (χ4v) is 3.43. The minimum Gasteiger partial charge on any atom is -0.396 e. The lowest BCUT2D eigenvalue weighted by Gasteiger charge is -2.16. The van der Waals surface area contributed by atoms with E-state index in [2.05, 4.69) is 5.32 Å². The van der Waals surface area contributed by atoms with Crippen molar-refractivity contribution in [2.45, 2.75) is 13.0 Å². The van der Waals surface area contributed by atoms with Gasteiger partial charge in [0.25, 0.3) is 11.8 Å². The van der Waals surface area contributed by atoms with Gasteiger partial charge in [-0.05, 0) is 35.6 Å². The smallest absolute Gasteiger partial charge is 0.261 e. The van der Waals surface area contributed by atoms with Gasteiger partial charge < -0.3 is 15.3 Å². The van der Waals surface area contributed by atoms with Crippen molar-refractivity contribution in [3.05, 3.63) is 57.8 Å². The molecule has 2 heterocycles. The zero-order valence-electron chi connectivity index (χ0n) is 13.3. The second-order valence-corrected chi connectivity index (χ2v) is 6.89. The summed E-state index contributed by atoms with van der Waals surface area (Å²) < 4.78 is 0. The second kappa shape index (κ2) is 7.59. The maximum Gasteiger partial charge on any atom is 0.261 e. The molecule has 1 aromatic heterocycles. The molecule has 1 atom stereocenters. The van der Waals surface area contributed by atoms with E-state index in [0.717, 1.165) is 12.0 Å². The summed E-state index contributed by atoms with van der Waals surface area (Å²) in [5.74, 6) is 0.109. The van der Waals surface area contributed by atoms with Gasteiger partial charge in [0.15, 0.2) is 0 Å². The van der Waals surface area contributed by atoms with Crippen LogP contribution in [0.1, 0.15) is 32.0 Å². The van der Waals surface area contributed by atoms with E-state index >= 15 is 0 Å². The van der Waals surface area contributed by atoms with Crippen LogP contribution in [0.3, 0.4) is 0 Å². The zero-order valence-corrected chi connectivity index (χ0v) is 14.1. The Bertz CT molecular complexity index is 698. The Kier molecular flexibility index (Phi) is 5.27. The average Bonchev–Trinajstić information content (AvgIpc) is 3.30. The third kappa shape index (κ3) is 3.83. The molecule has 126 valence electrons. The summed E-state index contributed by atoms with van der Waals surface area (Å²) in [6.45, 7) is 1.88. The van der Waals surface area contributed by atoms with E-state index < -0.39 is 0 Å². The summed E-state index contributed by atoms with van der Waals surface area (Å²) in [5, 5.41) is 13.9. The quantitative estimate of drug-likeness (QED) is 0.873. The molecule has 5 nitrogen and oxygen atoms in total. The summed E-state index contributed by atoms with van der Waals surface area (Å²) in [7, 11) is 0. The number of nitrogens with zero attached hydrogens (tertiary/aromatic N) is 1. The second-order valence-electron chi connectivity index (χ2n) is 5.95. The van der Waals surface area contributed by atoms with Gasteiger partial charge in [-0.25, -0.2) is 0 Å². The molecular formula is C18H20N2O3S. The van der Waals surface area contributed by atoms with Crippen molar-refractivity contribution in [3.63, 3.8) is 0 Å². The molecule has 2 N–H and O–H groups in total. The maximum atomic E-state index is 12.4. The molecule has 3 rings (SSSR count). The van der Waals surface area contributed by atoms with Gasteiger partial charge >= 0.3 is 0 Å². The number of aliphatic hydroxyl groups excluding tert-OH is 1. The fraction of sp³-hybridized carbons (Fsp3) is 0.333. The van der Waals surface area contributed by atoms with Gasteiger partial charge in [-0.3, -0.25) is 9.59 Å². The topological polar surface area (TPSA) is 69.6 Å². The number of nitrogens with one attached hydrogen (secondary N) is 1. The number of likely N-dealkylation sites (tertiary alicyclic amines) is 1. The Morgan fingerprint density at radius 1 is 1.25 bits per heavy atom. The Labute approximate surface area is 144 Å². The van der Waals surface area contributed by atoms with Crippen LogP contribution in [0.2, 0.25) is 0 Å². The molecule has 0 aliphatic carbocycles. The molecule has 24 heavy (non-hydrogen) atoms. The van der Waals surface area contributed by atoms with Crippen molar-refractivity contribution in [1.29, 1.82) is 0 Å². The molecule has 1 saturated heterocycles. The molecule has 0 saturated carbocycles. The lowest BCUT2D eigenvalue weighted by Crippen LogP contribution is -2.29. The average molecular weight is 344 g/mol. The molecule has 0 bridgehead atoms. The van der Waals surface area contributed by atoms with Crippen LogP contribution in [-0.2, 0) is 6.54 Å². The number of benzene rings is 1. The van der Waals surface area contributed by atoms with Gasteiger partial charge in [0.05, 0.1) is 4.88 Å². The summed E-state index contributed by atoms with van der Waals surface area (Å²) in [4.78, 5) is 26.8. The van der Waals surface area contributed by atoms with Crippen LogP contribution in [0, 0.1) is 5.92 Å². The first-order chi connectivity index (χ1) is 11.7. The van der Waals surface area contributed by atoms with Gasteiger partial charge in [-0.2, -0.15) is 0 Å². The van der Waals surface area contributed by atoms with Gasteiger partial charge in [-0.1, -0.05) is 18.2 Å². The summed E-state index contributed by atoms with van der Waals surface area (Å²) in [5.41, 5.74) is 1.59. The summed E-state index contributed by atoms with van der Waals surface area (Å²) in [6.07, 6.45) is 0.856. The highest BCUT2D eigenvalue weighted by Gasteiger charge is 2.26. The van der Waals surface area contributed by atoms with Crippen molar-refractivity contribution in [2.24, 2.45) is 5.92 Å². The minimum absolute atomic E-state index is 0.000112. The molecule has 0 spiro atoms. The molecule has 1 aliphatic heterocycles. The predicted molar refractivity (Wildman–Crippen MR) is 93.0 cm³/mol. The molecular weight excluding hydrogens is 324 g/mol. The van der Waals surface area contributed by atoms with E-state index in [0.29, 0.717) is 30.1 Å². The molecule has 1 aliphatic rings. The summed E-state index contributed by atoms with van der Waals surface area (Å²) >= 11 is 1.41. The Hall–Kier alpha value is -2.18. The maximum absolute atomic E-state index is 12.4. The van der Waals surface area contributed by atoms with E-state index in [4.69, 9.17) is 0 Å². The van der Waals surface area contributed by atoms with E-state index in [1.165, 1.54) is 11.3 Å². The first-order valence-electron chi connectivity index (χ1n) is 7.98. The number of carbonyl (C=O) groups excluding carboxylic acids is 2. The van der Waals surface area contributed by atoms with Crippen molar-refractivity contribution < 1.29 is 14.7 Å². The zero-order chi connectivity index (χ0) is 16.9. The molecule has 1 aromatic carbocycles. The number of hydrogen-bond acceptors (Lipinski definition) is 4. The Morgan fingerprint density at radius 3 is 2.67 bits per heavy atom. The van der Waals surface area contributed by atoms with Crippen molar-refractivity contribution in [1.82, 2.24) is 10.2 Å². The largest absolute Gasteiger partial charge is 0.396 e. The number of amides is 2. The van der Waals surface area contributed by atoms with E-state index in [-0.39, 0.29) is 24.3 Å². The summed E-state index contributed by atoms with van der Waals surface area (Å²) in [6, 6.07) is 10.9. The number of thiophene rings is 1. The number of carbonyl (C=O) groups is 2. The minimum atomic E-state index is -0.0859. The molecule has 2 amide bonds. The van der Waals surface area contributed by atoms with E-state index in [1.54, 1.807) is 23.1 Å². The van der Waals surface area contributed by atoms with Crippen molar-refractivity contribution >= 4 is 23.2 Å². The van der Waals surface area contributed by atoms with Crippen LogP contribution >= 0.6 is 11.3 Å². The lowest BCUT2D eigenvalue weighted by atomic mass is 10.1. The third-order valence-electron chi connectivity index (χ3n) is 4.23. The van der Waals surface area contributed by atoms with Crippen LogP contribution in [0.5, 0.6) is 0 Å². The number of rotatable bonds is 5. The lowest BCUT2D eigenvalue weighted by molar-refractivity contribution is 0.0781. The van der Waals surface area contributed by atoms with Crippen LogP contribution in [0.15, 0.2) is 41.8 Å². The fourth-order valence-electron chi connectivity index (χ4n) is 2.79. The van der Waals surface area contributed by atoms with Crippen LogP contribution in [-0.4, -0.2) is 41.5 Å². The van der Waals surface area contributed by atoms with Crippen LogP contribution in [0.25, 0.3) is 0 Å². The van der Waals surface area contributed by atoms with Gasteiger partial charge in [-0.15, -0.1) is 11.3 Å². The molecule has 6 heteroatoms. The normalized spacial score (nSPS) is 17.0. The van der Waals surface area contributed by atoms with Gasteiger partial charge in [0, 0.05) is 37.7 Å². The molecule has 1 fully saturated rings. The van der Waals surface area contributed by atoms with Gasteiger partial charge in [0.2, 0.25) is 0 Å². The van der Waals surface area contributed by atoms with Crippen LogP contribution in [0.4, 0.5) is 0 Å². The Balaban J connectivity index is 1.55. The molecule has 1 unspecified atom stereocenters. The van der Waals surface area contributed by atoms with E-state index in [1.807, 2.05) is 23.6 Å². The monoisotopic (exact) mass is 344 g/mol. The highest BCUT2D eigenvalue weighted by molar-refractivity contribution is 7.12. The first kappa shape index (κ1) is 16.7. The van der Waals surface area contributed by atoms with Crippen LogP contribution < -0.4 is 5.32 Å². The van der Waals surface area contributed by atoms with E-state index in [9.17, 15) is 14.7 Å². The van der Waals surface area contributed by atoms with Crippen molar-refractivity contribution in [2.75, 3.05) is 19.7 Å². The Morgan fingerprint density at radius 2 is 2.04 bits per heavy atom. The number of hydrogen-bond donors (Lipinski definition) is 2. The highest BCUT2D eigenvalue weighted by atomic mass is 32.1. The number of aliphatic hydroxyl groups is 1. The van der Waals surface area contributed by atoms with Gasteiger partial charge in [0.1, 0.15) is 0 Å². The molecule has 0 radical (unpaired) electrons. The first-order valence-corrected chi connectivity index (χ1v) is 8.86. The highest BCUT2D eigenvalue weighted by Crippen LogP contribution is 2.18.